The topological polar surface area (TPSA) is 53.1 Å². The molecule has 1 aliphatic carbocycles. The van der Waals surface area contributed by atoms with Crippen LogP contribution in [0.1, 0.15) is 55.9 Å². The fraction of sp³-hybridized carbons (Fsp3) is 0.471. The zero-order valence-corrected chi connectivity index (χ0v) is 12.5. The minimum atomic E-state index is 0.0233. The molecule has 112 valence electrons. The van der Waals surface area contributed by atoms with E-state index in [1.54, 1.807) is 0 Å². The molecule has 0 unspecified atom stereocenters. The van der Waals surface area contributed by atoms with Crippen LogP contribution in [0.2, 0.25) is 0 Å². The van der Waals surface area contributed by atoms with Gasteiger partial charge in [0, 0.05) is 12.2 Å². The van der Waals surface area contributed by atoms with E-state index in [0.29, 0.717) is 12.6 Å². The Morgan fingerprint density at radius 1 is 1.33 bits per heavy atom. The van der Waals surface area contributed by atoms with Gasteiger partial charge in [0.05, 0.1) is 11.7 Å². The molecule has 1 heterocycles. The number of nitrogens with zero attached hydrogens (tertiary/aromatic N) is 2. The van der Waals surface area contributed by atoms with Gasteiger partial charge in [0.1, 0.15) is 12.4 Å². The first-order valence-electron chi connectivity index (χ1n) is 7.75. The molecule has 1 aromatic carbocycles. The lowest BCUT2D eigenvalue weighted by Crippen LogP contribution is -2.07. The van der Waals surface area contributed by atoms with Crippen molar-refractivity contribution >= 4 is 0 Å². The summed E-state index contributed by atoms with van der Waals surface area (Å²) >= 11 is 0. The first kappa shape index (κ1) is 14.1. The molecule has 2 N–H and O–H groups in total. The van der Waals surface area contributed by atoms with Gasteiger partial charge in [-0.15, -0.1) is 0 Å². The largest absolute Gasteiger partial charge is 0.487 e. The van der Waals surface area contributed by atoms with Gasteiger partial charge in [0.2, 0.25) is 0 Å². The number of ether oxygens (including phenoxy) is 1. The number of rotatable bonds is 5. The van der Waals surface area contributed by atoms with E-state index in [2.05, 4.69) is 16.0 Å². The Kier molecular flexibility index (Phi) is 4.25. The molecule has 0 saturated heterocycles. The van der Waals surface area contributed by atoms with E-state index in [1.165, 1.54) is 25.7 Å². The highest BCUT2D eigenvalue weighted by Crippen LogP contribution is 2.28. The molecular formula is C17H23N3O. The predicted octanol–water partition coefficient (Wildman–Crippen LogP) is 3.60. The Hall–Kier alpha value is -1.81. The third kappa shape index (κ3) is 3.45. The van der Waals surface area contributed by atoms with Gasteiger partial charge in [0.25, 0.3) is 0 Å². The lowest BCUT2D eigenvalue weighted by atomic mass is 10.1. The molecule has 0 amide bonds. The van der Waals surface area contributed by atoms with Gasteiger partial charge >= 0.3 is 0 Å². The number of aromatic nitrogens is 2. The highest BCUT2D eigenvalue weighted by atomic mass is 16.5. The van der Waals surface area contributed by atoms with Crippen LogP contribution in [0, 0.1) is 0 Å². The molecule has 1 aliphatic rings. The zero-order valence-electron chi connectivity index (χ0n) is 12.5. The van der Waals surface area contributed by atoms with E-state index in [4.69, 9.17) is 10.5 Å². The van der Waals surface area contributed by atoms with Crippen LogP contribution in [0.4, 0.5) is 0 Å². The Balaban J connectivity index is 1.61. The molecule has 1 atom stereocenters. The summed E-state index contributed by atoms with van der Waals surface area (Å²) in [4.78, 5) is 0. The van der Waals surface area contributed by atoms with Crippen molar-refractivity contribution in [3.05, 3.63) is 47.8 Å². The van der Waals surface area contributed by atoms with Crippen molar-refractivity contribution in [3.8, 4) is 5.75 Å². The third-order valence-electron chi connectivity index (χ3n) is 4.13. The highest BCUT2D eigenvalue weighted by molar-refractivity contribution is 5.30. The summed E-state index contributed by atoms with van der Waals surface area (Å²) in [6, 6.07) is 10.6. The summed E-state index contributed by atoms with van der Waals surface area (Å²) < 4.78 is 7.93. The van der Waals surface area contributed by atoms with E-state index < -0.39 is 0 Å². The average Bonchev–Trinajstić information content (AvgIpc) is 3.16. The van der Waals surface area contributed by atoms with Crippen LogP contribution in [-0.4, -0.2) is 9.78 Å². The summed E-state index contributed by atoms with van der Waals surface area (Å²) in [7, 11) is 0. The molecule has 1 saturated carbocycles. The van der Waals surface area contributed by atoms with Crippen molar-refractivity contribution in [1.82, 2.24) is 9.78 Å². The van der Waals surface area contributed by atoms with Crippen LogP contribution < -0.4 is 10.5 Å². The van der Waals surface area contributed by atoms with E-state index in [0.717, 1.165) is 17.0 Å². The minimum absolute atomic E-state index is 0.0233. The van der Waals surface area contributed by atoms with E-state index in [-0.39, 0.29) is 6.04 Å². The third-order valence-corrected chi connectivity index (χ3v) is 4.13. The van der Waals surface area contributed by atoms with Crippen LogP contribution >= 0.6 is 0 Å². The number of hydrogen-bond donors (Lipinski definition) is 1. The molecule has 0 radical (unpaired) electrons. The van der Waals surface area contributed by atoms with Gasteiger partial charge < -0.3 is 10.5 Å². The summed E-state index contributed by atoms with van der Waals surface area (Å²) in [6.45, 7) is 2.48. The van der Waals surface area contributed by atoms with Gasteiger partial charge in [0.15, 0.2) is 0 Å². The lowest BCUT2D eigenvalue weighted by molar-refractivity contribution is 0.297. The lowest BCUT2D eigenvalue weighted by Gasteiger charge is -2.10. The normalized spacial score (nSPS) is 17.0. The van der Waals surface area contributed by atoms with E-state index in [1.807, 2.05) is 37.3 Å². The molecule has 0 bridgehead atoms. The second-order valence-electron chi connectivity index (χ2n) is 5.88. The van der Waals surface area contributed by atoms with Crippen LogP contribution in [0.25, 0.3) is 0 Å². The van der Waals surface area contributed by atoms with Crippen molar-refractivity contribution in [3.63, 3.8) is 0 Å². The predicted molar refractivity (Wildman–Crippen MR) is 83.1 cm³/mol. The molecule has 21 heavy (non-hydrogen) atoms. The first-order chi connectivity index (χ1) is 10.2. The number of nitrogens with two attached hydrogens (primary N) is 1. The average molecular weight is 285 g/mol. The molecule has 3 rings (SSSR count). The Morgan fingerprint density at radius 3 is 2.90 bits per heavy atom. The fourth-order valence-electron chi connectivity index (χ4n) is 2.87. The maximum absolute atomic E-state index is 5.89. The minimum Gasteiger partial charge on any atom is -0.487 e. The smallest absolute Gasteiger partial charge is 0.132 e. The number of hydrogen-bond acceptors (Lipinski definition) is 3. The van der Waals surface area contributed by atoms with Crippen molar-refractivity contribution in [2.75, 3.05) is 0 Å². The fourth-order valence-corrected chi connectivity index (χ4v) is 2.87. The standard InChI is InChI=1S/C17H23N3O/c1-13(18)14-5-4-8-17(11-14)21-12-15-9-10-20(19-15)16-6-2-3-7-16/h4-5,8-11,13,16H,2-3,6-7,12,18H2,1H3/t13-/m0/s1. The Morgan fingerprint density at radius 2 is 2.14 bits per heavy atom. The molecule has 1 fully saturated rings. The SMILES string of the molecule is C[C@H](N)c1cccc(OCc2ccn(C3CCCC3)n2)c1. The molecule has 4 heteroatoms. The van der Waals surface area contributed by atoms with Crippen LogP contribution in [0.5, 0.6) is 5.75 Å². The summed E-state index contributed by atoms with van der Waals surface area (Å²) in [6.07, 6.45) is 7.21. The van der Waals surface area contributed by atoms with E-state index in [9.17, 15) is 0 Å². The van der Waals surface area contributed by atoms with Gasteiger partial charge in [-0.3, -0.25) is 4.68 Å². The second-order valence-corrected chi connectivity index (χ2v) is 5.88. The van der Waals surface area contributed by atoms with Crippen molar-refractivity contribution in [1.29, 1.82) is 0 Å². The van der Waals surface area contributed by atoms with Gasteiger partial charge in [-0.05, 0) is 43.5 Å². The molecule has 2 aromatic rings. The van der Waals surface area contributed by atoms with Crippen molar-refractivity contribution in [2.45, 2.75) is 51.3 Å². The highest BCUT2D eigenvalue weighted by Gasteiger charge is 2.17. The second kappa shape index (κ2) is 6.31. The maximum atomic E-state index is 5.89. The maximum Gasteiger partial charge on any atom is 0.132 e. The van der Waals surface area contributed by atoms with Crippen LogP contribution in [0.3, 0.4) is 0 Å². The summed E-state index contributed by atoms with van der Waals surface area (Å²) in [5.74, 6) is 0.847. The molecule has 0 spiro atoms. The van der Waals surface area contributed by atoms with Crippen molar-refractivity contribution < 1.29 is 4.74 Å². The van der Waals surface area contributed by atoms with E-state index >= 15 is 0 Å². The van der Waals surface area contributed by atoms with Gasteiger partial charge in [-0.25, -0.2) is 0 Å². The van der Waals surface area contributed by atoms with Crippen LogP contribution in [-0.2, 0) is 6.61 Å². The summed E-state index contributed by atoms with van der Waals surface area (Å²) in [5.41, 5.74) is 7.96. The van der Waals surface area contributed by atoms with Gasteiger partial charge in [-0.1, -0.05) is 25.0 Å². The molecule has 0 aliphatic heterocycles. The molecular weight excluding hydrogens is 262 g/mol. The monoisotopic (exact) mass is 285 g/mol. The molecule has 1 aromatic heterocycles. The first-order valence-corrected chi connectivity index (χ1v) is 7.75. The van der Waals surface area contributed by atoms with Crippen molar-refractivity contribution in [2.24, 2.45) is 5.73 Å². The Bertz CT molecular complexity index is 585. The molecule has 4 nitrogen and oxygen atoms in total. The van der Waals surface area contributed by atoms with Gasteiger partial charge in [-0.2, -0.15) is 5.10 Å². The van der Waals surface area contributed by atoms with Crippen LogP contribution in [0.15, 0.2) is 36.5 Å². The Labute approximate surface area is 125 Å². The number of benzene rings is 1. The quantitative estimate of drug-likeness (QED) is 0.913. The zero-order chi connectivity index (χ0) is 14.7. The summed E-state index contributed by atoms with van der Waals surface area (Å²) in [5, 5.41) is 4.63.